The molecule has 7 nitrogen and oxygen atoms in total. The number of likely N-dealkylation sites (N-methyl/N-ethyl adjacent to an activating group) is 1. The molecule has 3 aromatic rings. The first-order chi connectivity index (χ1) is 15.2. The van der Waals surface area contributed by atoms with E-state index in [0.717, 1.165) is 50.5 Å². The Balaban J connectivity index is 1.56. The van der Waals surface area contributed by atoms with E-state index in [9.17, 15) is 0 Å². The third-order valence-corrected chi connectivity index (χ3v) is 5.48. The number of hydrogen-bond donors (Lipinski definition) is 1. The molecular formula is C23H26ClN7. The van der Waals surface area contributed by atoms with Crippen LogP contribution in [-0.2, 0) is 0 Å². The normalized spacial score (nSPS) is 15.4. The molecule has 2 heterocycles. The van der Waals surface area contributed by atoms with Crippen molar-refractivity contribution in [3.8, 4) is 11.4 Å². The number of aromatic nitrogens is 2. The predicted molar refractivity (Wildman–Crippen MR) is 126 cm³/mol. The zero-order valence-corrected chi connectivity index (χ0v) is 18.3. The van der Waals surface area contributed by atoms with Crippen LogP contribution in [0.3, 0.4) is 0 Å². The molecular weight excluding hydrogens is 410 g/mol. The lowest BCUT2D eigenvalue weighted by Gasteiger charge is -2.32. The van der Waals surface area contributed by atoms with Crippen LogP contribution in [0.4, 0.5) is 17.2 Å². The summed E-state index contributed by atoms with van der Waals surface area (Å²) in [6.45, 7) is 5.98. The second-order valence-electron chi connectivity index (χ2n) is 7.51. The minimum absolute atomic E-state index is 0.274. The van der Waals surface area contributed by atoms with Crippen LogP contribution in [0, 0.1) is 0 Å². The van der Waals surface area contributed by atoms with Crippen LogP contribution in [0.5, 0.6) is 0 Å². The molecule has 1 N–H and O–H groups in total. The SMILES string of the molecule is CN1CCN(CCNc2nc(-c3ccccc3)nc(Cl)c2N=Nc2ccccc2)CC1. The lowest BCUT2D eigenvalue weighted by atomic mass is 10.2. The van der Waals surface area contributed by atoms with Crippen molar-refractivity contribution in [1.82, 2.24) is 19.8 Å². The van der Waals surface area contributed by atoms with Crippen LogP contribution in [0.15, 0.2) is 70.9 Å². The topological polar surface area (TPSA) is 69.0 Å². The summed E-state index contributed by atoms with van der Waals surface area (Å²) in [7, 11) is 2.16. The Labute approximate surface area is 187 Å². The van der Waals surface area contributed by atoms with Gasteiger partial charge in [-0.05, 0) is 19.2 Å². The fourth-order valence-electron chi connectivity index (χ4n) is 3.36. The number of halogens is 1. The maximum atomic E-state index is 6.53. The molecule has 0 saturated carbocycles. The van der Waals surface area contributed by atoms with Crippen molar-refractivity contribution >= 4 is 28.8 Å². The summed E-state index contributed by atoms with van der Waals surface area (Å²) in [6.07, 6.45) is 0. The van der Waals surface area contributed by atoms with Gasteiger partial charge in [0.05, 0.1) is 5.69 Å². The number of nitrogens with zero attached hydrogens (tertiary/aromatic N) is 6. The average Bonchev–Trinajstić information content (AvgIpc) is 2.81. The molecule has 1 fully saturated rings. The van der Waals surface area contributed by atoms with Gasteiger partial charge >= 0.3 is 0 Å². The molecule has 0 amide bonds. The van der Waals surface area contributed by atoms with Crippen molar-refractivity contribution in [3.63, 3.8) is 0 Å². The zero-order chi connectivity index (χ0) is 21.5. The lowest BCUT2D eigenvalue weighted by Crippen LogP contribution is -2.45. The fourth-order valence-corrected chi connectivity index (χ4v) is 3.57. The minimum atomic E-state index is 0.274. The van der Waals surface area contributed by atoms with E-state index in [4.69, 9.17) is 16.6 Å². The molecule has 0 bridgehead atoms. The van der Waals surface area contributed by atoms with E-state index in [2.05, 4.69) is 37.4 Å². The van der Waals surface area contributed by atoms with Gasteiger partial charge in [-0.3, -0.25) is 4.90 Å². The quantitative estimate of drug-likeness (QED) is 0.423. The van der Waals surface area contributed by atoms with E-state index >= 15 is 0 Å². The Morgan fingerprint density at radius 1 is 0.903 bits per heavy atom. The number of azo groups is 1. The van der Waals surface area contributed by atoms with E-state index in [-0.39, 0.29) is 5.15 Å². The van der Waals surface area contributed by atoms with Gasteiger partial charge in [0.1, 0.15) is 0 Å². The monoisotopic (exact) mass is 435 g/mol. The van der Waals surface area contributed by atoms with Gasteiger partial charge in [0, 0.05) is 44.8 Å². The molecule has 0 unspecified atom stereocenters. The van der Waals surface area contributed by atoms with Gasteiger partial charge in [0.2, 0.25) is 0 Å². The number of anilines is 1. The third kappa shape index (κ3) is 5.85. The molecule has 0 spiro atoms. The van der Waals surface area contributed by atoms with Gasteiger partial charge in [0.25, 0.3) is 0 Å². The van der Waals surface area contributed by atoms with E-state index in [0.29, 0.717) is 17.3 Å². The molecule has 4 rings (SSSR count). The first kappa shape index (κ1) is 21.4. The van der Waals surface area contributed by atoms with Crippen molar-refractivity contribution in [3.05, 3.63) is 65.8 Å². The largest absolute Gasteiger partial charge is 0.367 e. The summed E-state index contributed by atoms with van der Waals surface area (Å²) in [5, 5.41) is 12.4. The maximum absolute atomic E-state index is 6.53. The Kier molecular flexibility index (Phi) is 7.19. The molecule has 1 saturated heterocycles. The van der Waals surface area contributed by atoms with E-state index < -0.39 is 0 Å². The van der Waals surface area contributed by atoms with Crippen molar-refractivity contribution in [2.75, 3.05) is 51.6 Å². The first-order valence-corrected chi connectivity index (χ1v) is 10.8. The van der Waals surface area contributed by atoms with Crippen molar-refractivity contribution < 1.29 is 0 Å². The average molecular weight is 436 g/mol. The Bertz CT molecular complexity index is 1000. The van der Waals surface area contributed by atoms with Crippen molar-refractivity contribution in [2.45, 2.75) is 0 Å². The molecule has 0 aliphatic carbocycles. The number of nitrogens with one attached hydrogen (secondary N) is 1. The summed E-state index contributed by atoms with van der Waals surface area (Å²) in [4.78, 5) is 14.0. The van der Waals surface area contributed by atoms with Gasteiger partial charge in [-0.15, -0.1) is 5.11 Å². The third-order valence-electron chi connectivity index (χ3n) is 5.21. The summed E-state index contributed by atoms with van der Waals surface area (Å²) in [6, 6.07) is 19.3. The smallest absolute Gasteiger partial charge is 0.165 e. The standard InChI is InChI=1S/C23H26ClN7/c1-30-14-16-31(17-15-30)13-12-25-23-20(29-28-19-10-6-3-7-11-19)21(24)26-22(27-23)18-8-4-2-5-9-18/h2-11H,12-17H2,1H3,(H,25,26,27). The van der Waals surface area contributed by atoms with Crippen LogP contribution in [-0.4, -0.2) is 66.1 Å². The zero-order valence-electron chi connectivity index (χ0n) is 17.6. The van der Waals surface area contributed by atoms with E-state index in [1.54, 1.807) is 0 Å². The Morgan fingerprint density at radius 2 is 1.58 bits per heavy atom. The van der Waals surface area contributed by atoms with Crippen LogP contribution in [0.25, 0.3) is 11.4 Å². The fraction of sp³-hybridized carbons (Fsp3) is 0.304. The van der Waals surface area contributed by atoms with Gasteiger partial charge in [-0.25, -0.2) is 9.97 Å². The van der Waals surface area contributed by atoms with E-state index in [1.165, 1.54) is 0 Å². The molecule has 160 valence electrons. The Hall–Kier alpha value is -2.87. The summed E-state index contributed by atoms with van der Waals surface area (Å²) in [5.41, 5.74) is 2.09. The number of benzene rings is 2. The van der Waals surface area contributed by atoms with Crippen LogP contribution < -0.4 is 5.32 Å². The molecule has 1 aliphatic rings. The van der Waals surface area contributed by atoms with Crippen LogP contribution in [0.2, 0.25) is 5.15 Å². The molecule has 1 aliphatic heterocycles. The second kappa shape index (κ2) is 10.4. The second-order valence-corrected chi connectivity index (χ2v) is 7.87. The summed E-state index contributed by atoms with van der Waals surface area (Å²) < 4.78 is 0. The van der Waals surface area contributed by atoms with Crippen LogP contribution in [0.1, 0.15) is 0 Å². The highest BCUT2D eigenvalue weighted by Gasteiger charge is 2.16. The van der Waals surface area contributed by atoms with Gasteiger partial charge in [-0.1, -0.05) is 60.1 Å². The molecule has 8 heteroatoms. The molecule has 2 aromatic carbocycles. The van der Waals surface area contributed by atoms with Crippen molar-refractivity contribution in [1.29, 1.82) is 0 Å². The predicted octanol–water partition coefficient (Wildman–Crippen LogP) is 4.87. The maximum Gasteiger partial charge on any atom is 0.165 e. The molecule has 0 atom stereocenters. The summed E-state index contributed by atoms with van der Waals surface area (Å²) >= 11 is 6.53. The number of hydrogen-bond acceptors (Lipinski definition) is 7. The Morgan fingerprint density at radius 3 is 2.29 bits per heavy atom. The van der Waals surface area contributed by atoms with E-state index in [1.807, 2.05) is 60.7 Å². The minimum Gasteiger partial charge on any atom is -0.367 e. The lowest BCUT2D eigenvalue weighted by molar-refractivity contribution is 0.158. The highest BCUT2D eigenvalue weighted by atomic mass is 35.5. The van der Waals surface area contributed by atoms with Gasteiger partial charge in [-0.2, -0.15) is 5.11 Å². The molecule has 0 radical (unpaired) electrons. The van der Waals surface area contributed by atoms with Gasteiger partial charge in [0.15, 0.2) is 22.5 Å². The van der Waals surface area contributed by atoms with Crippen molar-refractivity contribution in [2.24, 2.45) is 10.2 Å². The first-order valence-electron chi connectivity index (χ1n) is 10.4. The van der Waals surface area contributed by atoms with Crippen LogP contribution >= 0.6 is 11.6 Å². The highest BCUT2D eigenvalue weighted by Crippen LogP contribution is 2.34. The number of rotatable bonds is 7. The number of piperazine rings is 1. The van der Waals surface area contributed by atoms with Gasteiger partial charge < -0.3 is 10.2 Å². The summed E-state index contributed by atoms with van der Waals surface area (Å²) in [5.74, 6) is 1.15. The highest BCUT2D eigenvalue weighted by molar-refractivity contribution is 6.32. The molecule has 1 aromatic heterocycles. The molecule has 31 heavy (non-hydrogen) atoms.